The van der Waals surface area contributed by atoms with Gasteiger partial charge in [0.25, 0.3) is 0 Å². The summed E-state index contributed by atoms with van der Waals surface area (Å²) in [7, 11) is 0. The van der Waals surface area contributed by atoms with Crippen molar-refractivity contribution in [3.63, 3.8) is 0 Å². The highest BCUT2D eigenvalue weighted by molar-refractivity contribution is 5.94. The van der Waals surface area contributed by atoms with Crippen LogP contribution in [-0.2, 0) is 4.79 Å². The van der Waals surface area contributed by atoms with Crippen LogP contribution in [0.25, 0.3) is 0 Å². The summed E-state index contributed by atoms with van der Waals surface area (Å²) in [5, 5.41) is 12.3. The van der Waals surface area contributed by atoms with Crippen LogP contribution in [0.1, 0.15) is 6.92 Å². The molecule has 2 aromatic rings. The first kappa shape index (κ1) is 14.7. The van der Waals surface area contributed by atoms with Gasteiger partial charge in [0.2, 0.25) is 5.91 Å². The summed E-state index contributed by atoms with van der Waals surface area (Å²) >= 11 is 0. The Morgan fingerprint density at radius 2 is 2.00 bits per heavy atom. The Morgan fingerprint density at radius 3 is 2.67 bits per heavy atom. The van der Waals surface area contributed by atoms with Crippen molar-refractivity contribution in [1.82, 2.24) is 0 Å². The van der Waals surface area contributed by atoms with E-state index in [1.165, 1.54) is 0 Å². The first-order valence-corrected chi connectivity index (χ1v) is 6.78. The van der Waals surface area contributed by atoms with E-state index in [1.807, 2.05) is 17.9 Å². The molecule has 0 spiro atoms. The highest BCUT2D eigenvalue weighted by atomic mass is 16.3. The first-order chi connectivity index (χ1) is 10.1. The molecule has 0 saturated heterocycles. The van der Waals surface area contributed by atoms with E-state index in [-0.39, 0.29) is 18.2 Å². The Morgan fingerprint density at radius 1 is 1.24 bits per heavy atom. The van der Waals surface area contributed by atoms with Crippen molar-refractivity contribution in [2.24, 2.45) is 0 Å². The van der Waals surface area contributed by atoms with Crippen LogP contribution in [-0.4, -0.2) is 24.1 Å². The van der Waals surface area contributed by atoms with Crippen molar-refractivity contribution in [3.05, 3.63) is 48.5 Å². The van der Waals surface area contributed by atoms with Crippen LogP contribution in [0.15, 0.2) is 48.5 Å². The fraction of sp³-hybridized carbons (Fsp3) is 0.188. The van der Waals surface area contributed by atoms with E-state index >= 15 is 0 Å². The van der Waals surface area contributed by atoms with Crippen molar-refractivity contribution < 1.29 is 9.90 Å². The second kappa shape index (κ2) is 6.65. The number of hydrogen-bond acceptors (Lipinski definition) is 4. The number of nitrogen functional groups attached to an aromatic ring is 1. The number of aromatic hydroxyl groups is 1. The van der Waals surface area contributed by atoms with E-state index in [4.69, 9.17) is 5.73 Å². The maximum Gasteiger partial charge on any atom is 0.243 e. The predicted molar refractivity (Wildman–Crippen MR) is 85.5 cm³/mol. The van der Waals surface area contributed by atoms with Gasteiger partial charge in [-0.25, -0.2) is 0 Å². The van der Waals surface area contributed by atoms with Crippen LogP contribution in [0.3, 0.4) is 0 Å². The van der Waals surface area contributed by atoms with Gasteiger partial charge >= 0.3 is 0 Å². The van der Waals surface area contributed by atoms with Crippen LogP contribution < -0.4 is 16.0 Å². The molecule has 2 aromatic carbocycles. The summed E-state index contributed by atoms with van der Waals surface area (Å²) in [5.41, 5.74) is 7.76. The average molecular weight is 285 g/mol. The monoisotopic (exact) mass is 285 g/mol. The number of carbonyl (C=O) groups is 1. The minimum Gasteiger partial charge on any atom is -0.508 e. The molecule has 0 aromatic heterocycles. The Kier molecular flexibility index (Phi) is 4.66. The molecule has 0 aliphatic rings. The van der Waals surface area contributed by atoms with Crippen LogP contribution >= 0.6 is 0 Å². The molecule has 0 bridgehead atoms. The quantitative estimate of drug-likeness (QED) is 0.737. The van der Waals surface area contributed by atoms with Crippen molar-refractivity contribution in [2.75, 3.05) is 29.0 Å². The Balaban J connectivity index is 2.03. The number of hydrogen-bond donors (Lipinski definition) is 3. The number of nitrogens with one attached hydrogen (secondary N) is 1. The van der Waals surface area contributed by atoms with E-state index < -0.39 is 0 Å². The fourth-order valence-corrected chi connectivity index (χ4v) is 2.07. The van der Waals surface area contributed by atoms with E-state index in [1.54, 1.807) is 42.5 Å². The molecule has 0 saturated carbocycles. The van der Waals surface area contributed by atoms with Crippen molar-refractivity contribution in [3.8, 4) is 5.75 Å². The van der Waals surface area contributed by atoms with Gasteiger partial charge < -0.3 is 21.1 Å². The van der Waals surface area contributed by atoms with Gasteiger partial charge in [0.1, 0.15) is 5.75 Å². The number of anilines is 3. The topological polar surface area (TPSA) is 78.6 Å². The third-order valence-corrected chi connectivity index (χ3v) is 3.08. The SMILES string of the molecule is CCN(CC(=O)Nc1cccc(N)c1)c1cccc(O)c1. The zero-order valence-corrected chi connectivity index (χ0v) is 11.9. The lowest BCUT2D eigenvalue weighted by molar-refractivity contribution is -0.115. The van der Waals surface area contributed by atoms with Gasteiger partial charge in [-0.15, -0.1) is 0 Å². The lowest BCUT2D eigenvalue weighted by Crippen LogP contribution is -2.33. The molecule has 1 amide bonds. The summed E-state index contributed by atoms with van der Waals surface area (Å²) in [6.45, 7) is 2.82. The molecular weight excluding hydrogens is 266 g/mol. The highest BCUT2D eigenvalue weighted by Crippen LogP contribution is 2.20. The molecule has 5 nitrogen and oxygen atoms in total. The zero-order chi connectivity index (χ0) is 15.2. The molecule has 0 unspecified atom stereocenters. The second-order valence-electron chi connectivity index (χ2n) is 4.71. The smallest absolute Gasteiger partial charge is 0.243 e. The number of nitrogens with zero attached hydrogens (tertiary/aromatic N) is 1. The third-order valence-electron chi connectivity index (χ3n) is 3.08. The molecule has 0 aliphatic heterocycles. The normalized spacial score (nSPS) is 10.1. The Bertz CT molecular complexity index is 628. The largest absolute Gasteiger partial charge is 0.508 e. The number of phenolic OH excluding ortho intramolecular Hbond substituents is 1. The predicted octanol–water partition coefficient (Wildman–Crippen LogP) is 2.44. The van der Waals surface area contributed by atoms with Crippen LogP contribution in [0, 0.1) is 0 Å². The maximum absolute atomic E-state index is 12.1. The molecule has 4 N–H and O–H groups in total. The van der Waals surface area contributed by atoms with Crippen molar-refractivity contribution in [2.45, 2.75) is 6.92 Å². The van der Waals surface area contributed by atoms with Crippen LogP contribution in [0.4, 0.5) is 17.1 Å². The average Bonchev–Trinajstić information content (AvgIpc) is 2.44. The number of carbonyl (C=O) groups excluding carboxylic acids is 1. The molecule has 21 heavy (non-hydrogen) atoms. The third kappa shape index (κ3) is 4.14. The van der Waals surface area contributed by atoms with E-state index in [2.05, 4.69) is 5.32 Å². The Hall–Kier alpha value is -2.69. The summed E-state index contributed by atoms with van der Waals surface area (Å²) in [6, 6.07) is 13.9. The fourth-order valence-electron chi connectivity index (χ4n) is 2.07. The first-order valence-electron chi connectivity index (χ1n) is 6.78. The number of amides is 1. The number of likely N-dealkylation sites (N-methyl/N-ethyl adjacent to an activating group) is 1. The standard InChI is InChI=1S/C16H19N3O2/c1-2-19(14-7-4-8-15(20)10-14)11-16(21)18-13-6-3-5-12(17)9-13/h3-10,20H,2,11,17H2,1H3,(H,18,21). The van der Waals surface area contributed by atoms with Gasteiger partial charge in [-0.2, -0.15) is 0 Å². The molecule has 2 rings (SSSR count). The van der Waals surface area contributed by atoms with Gasteiger partial charge in [0, 0.05) is 29.7 Å². The van der Waals surface area contributed by atoms with Crippen LogP contribution in [0.5, 0.6) is 5.75 Å². The van der Waals surface area contributed by atoms with E-state index in [0.717, 1.165) is 5.69 Å². The molecule has 0 radical (unpaired) electrons. The number of rotatable bonds is 5. The summed E-state index contributed by atoms with van der Waals surface area (Å²) in [4.78, 5) is 14.0. The van der Waals surface area contributed by atoms with Gasteiger partial charge in [-0.1, -0.05) is 12.1 Å². The summed E-state index contributed by atoms with van der Waals surface area (Å²) in [5.74, 6) is 0.0491. The molecule has 5 heteroatoms. The minimum atomic E-state index is -0.134. The van der Waals surface area contributed by atoms with E-state index in [9.17, 15) is 9.90 Å². The summed E-state index contributed by atoms with van der Waals surface area (Å²) < 4.78 is 0. The molecule has 0 atom stereocenters. The molecular formula is C16H19N3O2. The molecule has 0 fully saturated rings. The maximum atomic E-state index is 12.1. The van der Waals surface area contributed by atoms with Gasteiger partial charge in [-0.05, 0) is 37.3 Å². The molecule has 110 valence electrons. The lowest BCUT2D eigenvalue weighted by atomic mass is 10.2. The van der Waals surface area contributed by atoms with Gasteiger partial charge in [0.15, 0.2) is 0 Å². The van der Waals surface area contributed by atoms with E-state index in [0.29, 0.717) is 17.9 Å². The number of nitrogens with two attached hydrogens (primary N) is 1. The second-order valence-corrected chi connectivity index (χ2v) is 4.71. The minimum absolute atomic E-state index is 0.134. The van der Waals surface area contributed by atoms with Gasteiger partial charge in [-0.3, -0.25) is 4.79 Å². The van der Waals surface area contributed by atoms with Crippen molar-refractivity contribution in [1.29, 1.82) is 0 Å². The Labute approximate surface area is 124 Å². The number of phenols is 1. The van der Waals surface area contributed by atoms with Crippen molar-refractivity contribution >= 4 is 23.0 Å². The highest BCUT2D eigenvalue weighted by Gasteiger charge is 2.10. The molecule has 0 aliphatic carbocycles. The van der Waals surface area contributed by atoms with Gasteiger partial charge in [0.05, 0.1) is 6.54 Å². The lowest BCUT2D eigenvalue weighted by Gasteiger charge is -2.22. The van der Waals surface area contributed by atoms with Crippen LogP contribution in [0.2, 0.25) is 0 Å². The number of benzene rings is 2. The zero-order valence-electron chi connectivity index (χ0n) is 11.9. The summed E-state index contributed by atoms with van der Waals surface area (Å²) in [6.07, 6.45) is 0. The molecule has 0 heterocycles.